The van der Waals surface area contributed by atoms with Crippen LogP contribution in [-0.2, 0) is 25.7 Å². The van der Waals surface area contributed by atoms with E-state index in [1.807, 2.05) is 30.3 Å². The Balaban J connectivity index is 1.59. The second-order valence-corrected chi connectivity index (χ2v) is 8.30. The van der Waals surface area contributed by atoms with E-state index in [1.165, 1.54) is 0 Å². The van der Waals surface area contributed by atoms with E-state index in [0.29, 0.717) is 13.0 Å². The van der Waals surface area contributed by atoms with Crippen molar-refractivity contribution < 1.29 is 19.1 Å². The molecule has 2 saturated carbocycles. The minimum atomic E-state index is -0.481. The molecule has 4 rings (SSSR count). The Morgan fingerprint density at radius 1 is 1.20 bits per heavy atom. The smallest absolute Gasteiger partial charge is 0.312 e. The van der Waals surface area contributed by atoms with Crippen LogP contribution in [0.3, 0.4) is 0 Å². The minimum absolute atomic E-state index is 0.0880. The van der Waals surface area contributed by atoms with Gasteiger partial charge in [-0.15, -0.1) is 0 Å². The molecule has 0 bridgehead atoms. The van der Waals surface area contributed by atoms with Crippen LogP contribution in [0, 0.1) is 16.7 Å². The molecule has 3 fully saturated rings. The van der Waals surface area contributed by atoms with Gasteiger partial charge in [-0.05, 0) is 43.1 Å². The lowest BCUT2D eigenvalue weighted by Gasteiger charge is -2.58. The zero-order valence-corrected chi connectivity index (χ0v) is 14.8. The average Bonchev–Trinajstić information content (AvgIpc) is 2.60. The number of carbonyl (C=O) groups excluding carboxylic acids is 2. The van der Waals surface area contributed by atoms with Crippen LogP contribution >= 0.6 is 0 Å². The Morgan fingerprint density at radius 3 is 2.76 bits per heavy atom. The summed E-state index contributed by atoms with van der Waals surface area (Å²) in [4.78, 5) is 25.3. The highest BCUT2D eigenvalue weighted by atomic mass is 16.5. The molecule has 2 aliphatic carbocycles. The lowest BCUT2D eigenvalue weighted by atomic mass is 9.48. The van der Waals surface area contributed by atoms with E-state index in [0.717, 1.165) is 44.1 Å². The predicted molar refractivity (Wildman–Crippen MR) is 92.5 cm³/mol. The number of esters is 2. The van der Waals surface area contributed by atoms with Crippen LogP contribution in [0.1, 0.15) is 57.4 Å². The number of benzene rings is 1. The monoisotopic (exact) mass is 342 g/mol. The van der Waals surface area contributed by atoms with Crippen molar-refractivity contribution in [1.82, 2.24) is 0 Å². The fourth-order valence-electron chi connectivity index (χ4n) is 5.72. The van der Waals surface area contributed by atoms with E-state index in [-0.39, 0.29) is 29.4 Å². The van der Waals surface area contributed by atoms with Crippen molar-refractivity contribution in [2.24, 2.45) is 16.7 Å². The lowest BCUT2D eigenvalue weighted by molar-refractivity contribution is -0.214. The summed E-state index contributed by atoms with van der Waals surface area (Å²) in [5, 5.41) is 0. The summed E-state index contributed by atoms with van der Waals surface area (Å²) in [6.45, 7) is 2.49. The van der Waals surface area contributed by atoms with E-state index in [2.05, 4.69) is 6.92 Å². The molecule has 0 aromatic heterocycles. The van der Waals surface area contributed by atoms with E-state index in [1.54, 1.807) is 0 Å². The Bertz CT molecular complexity index is 666. The maximum atomic E-state index is 13.2. The molecule has 1 heterocycles. The van der Waals surface area contributed by atoms with Gasteiger partial charge in [-0.2, -0.15) is 0 Å². The van der Waals surface area contributed by atoms with Crippen molar-refractivity contribution in [2.45, 2.75) is 64.6 Å². The van der Waals surface area contributed by atoms with E-state index in [9.17, 15) is 9.59 Å². The minimum Gasteiger partial charge on any atom is -0.462 e. The molecular weight excluding hydrogens is 316 g/mol. The second kappa shape index (κ2) is 6.15. The molecule has 1 aromatic carbocycles. The standard InChI is InChI=1S/C21H26O4/c1-20-10-6-12-21(19(23)24-14-15-7-3-2-4-8-15)11-5-9-16(18(20)21)25-17(22)13-20/h2-4,7-8,16,18H,5-6,9-14H2,1H3/t16-,18?,20-,21?/m0/s1. The molecule has 0 spiro atoms. The van der Waals surface area contributed by atoms with Crippen LogP contribution in [0.4, 0.5) is 0 Å². The van der Waals surface area contributed by atoms with Gasteiger partial charge in [0.25, 0.3) is 0 Å². The number of carbonyl (C=O) groups is 2. The first kappa shape index (κ1) is 16.6. The summed E-state index contributed by atoms with van der Waals surface area (Å²) >= 11 is 0. The van der Waals surface area contributed by atoms with Crippen LogP contribution in [0.15, 0.2) is 30.3 Å². The summed E-state index contributed by atoms with van der Waals surface area (Å²) in [7, 11) is 0. The summed E-state index contributed by atoms with van der Waals surface area (Å²) < 4.78 is 11.5. The van der Waals surface area contributed by atoms with Gasteiger partial charge in [0.05, 0.1) is 11.8 Å². The normalized spacial score (nSPS) is 36.9. The predicted octanol–water partition coefficient (Wildman–Crippen LogP) is 4.02. The van der Waals surface area contributed by atoms with E-state index < -0.39 is 5.41 Å². The number of hydrogen-bond donors (Lipinski definition) is 0. The molecular formula is C21H26O4. The van der Waals surface area contributed by atoms with Gasteiger partial charge in [0.1, 0.15) is 12.7 Å². The van der Waals surface area contributed by atoms with Crippen molar-refractivity contribution in [2.75, 3.05) is 0 Å². The highest BCUT2D eigenvalue weighted by Gasteiger charge is 2.63. The summed E-state index contributed by atoms with van der Waals surface area (Å²) in [6.07, 6.45) is 5.80. The van der Waals surface area contributed by atoms with Crippen LogP contribution in [0.5, 0.6) is 0 Å². The van der Waals surface area contributed by atoms with Crippen LogP contribution in [0.2, 0.25) is 0 Å². The number of rotatable bonds is 3. The summed E-state index contributed by atoms with van der Waals surface area (Å²) in [6, 6.07) is 9.81. The van der Waals surface area contributed by atoms with Crippen LogP contribution < -0.4 is 0 Å². The molecule has 1 aliphatic heterocycles. The first-order valence-corrected chi connectivity index (χ1v) is 9.44. The Hall–Kier alpha value is -1.84. The lowest BCUT2D eigenvalue weighted by Crippen LogP contribution is -2.60. The SMILES string of the molecule is C[C@]12CCCC3(C(=O)OCc4ccccc4)CCC[C@H](OC(=O)C1)C32. The molecule has 134 valence electrons. The molecule has 0 radical (unpaired) electrons. The molecule has 2 unspecified atom stereocenters. The first-order chi connectivity index (χ1) is 12.0. The Labute approximate surface area is 148 Å². The van der Waals surface area contributed by atoms with Crippen LogP contribution in [-0.4, -0.2) is 18.0 Å². The molecule has 1 aromatic rings. The fourth-order valence-corrected chi connectivity index (χ4v) is 5.72. The molecule has 3 aliphatic rings. The molecule has 1 saturated heterocycles. The molecule has 25 heavy (non-hydrogen) atoms. The van der Waals surface area contributed by atoms with Gasteiger partial charge < -0.3 is 9.47 Å². The summed E-state index contributed by atoms with van der Waals surface area (Å²) in [5.41, 5.74) is 0.392. The van der Waals surface area contributed by atoms with Crippen molar-refractivity contribution in [3.63, 3.8) is 0 Å². The van der Waals surface area contributed by atoms with Crippen molar-refractivity contribution in [3.8, 4) is 0 Å². The van der Waals surface area contributed by atoms with Gasteiger partial charge in [0.15, 0.2) is 0 Å². The third-order valence-electron chi connectivity index (χ3n) is 6.65. The maximum Gasteiger partial charge on any atom is 0.312 e. The van der Waals surface area contributed by atoms with Gasteiger partial charge in [-0.1, -0.05) is 43.7 Å². The fraction of sp³-hybridized carbons (Fsp3) is 0.619. The Kier molecular flexibility index (Phi) is 4.09. The maximum absolute atomic E-state index is 13.2. The molecule has 4 heteroatoms. The summed E-state index contributed by atoms with van der Waals surface area (Å²) in [5.74, 6) is -0.0856. The van der Waals surface area contributed by atoms with Crippen molar-refractivity contribution in [1.29, 1.82) is 0 Å². The molecule has 0 amide bonds. The van der Waals surface area contributed by atoms with Gasteiger partial charge >= 0.3 is 11.9 Å². The molecule has 0 N–H and O–H groups in total. The van der Waals surface area contributed by atoms with Crippen LogP contribution in [0.25, 0.3) is 0 Å². The third-order valence-corrected chi connectivity index (χ3v) is 6.65. The Morgan fingerprint density at radius 2 is 1.96 bits per heavy atom. The second-order valence-electron chi connectivity index (χ2n) is 8.30. The van der Waals surface area contributed by atoms with Crippen molar-refractivity contribution >= 4 is 11.9 Å². The highest BCUT2D eigenvalue weighted by molar-refractivity contribution is 5.79. The van der Waals surface area contributed by atoms with Gasteiger partial charge in [0, 0.05) is 5.92 Å². The average molecular weight is 342 g/mol. The van der Waals surface area contributed by atoms with Gasteiger partial charge in [0.2, 0.25) is 0 Å². The number of hydrogen-bond acceptors (Lipinski definition) is 4. The molecule has 4 nitrogen and oxygen atoms in total. The zero-order valence-electron chi connectivity index (χ0n) is 14.8. The van der Waals surface area contributed by atoms with Gasteiger partial charge in [-0.3, -0.25) is 9.59 Å². The van der Waals surface area contributed by atoms with E-state index >= 15 is 0 Å². The highest BCUT2D eigenvalue weighted by Crippen LogP contribution is 2.62. The topological polar surface area (TPSA) is 52.6 Å². The first-order valence-electron chi connectivity index (χ1n) is 9.44. The molecule has 4 atom stereocenters. The number of ether oxygens (including phenoxy) is 2. The van der Waals surface area contributed by atoms with Gasteiger partial charge in [-0.25, -0.2) is 0 Å². The zero-order chi connectivity index (χ0) is 17.5. The quantitative estimate of drug-likeness (QED) is 0.779. The van der Waals surface area contributed by atoms with E-state index in [4.69, 9.17) is 9.47 Å². The largest absolute Gasteiger partial charge is 0.462 e. The van der Waals surface area contributed by atoms with Crippen molar-refractivity contribution in [3.05, 3.63) is 35.9 Å². The third kappa shape index (κ3) is 2.76.